The van der Waals surface area contributed by atoms with Crippen molar-refractivity contribution < 1.29 is 47.7 Å². The first-order chi connectivity index (χ1) is 25.0. The molecule has 4 bridgehead atoms. The minimum Gasteiger partial charge on any atom is -0.456 e. The summed E-state index contributed by atoms with van der Waals surface area (Å²) in [5.41, 5.74) is 2.56. The molecule has 0 unspecified atom stereocenters. The van der Waals surface area contributed by atoms with Crippen molar-refractivity contribution in [2.45, 2.75) is 89.3 Å². The summed E-state index contributed by atoms with van der Waals surface area (Å²) in [7, 11) is 1.47. The number of pyridine rings is 1. The van der Waals surface area contributed by atoms with Gasteiger partial charge in [0.1, 0.15) is 30.0 Å². The molecule has 0 amide bonds. The van der Waals surface area contributed by atoms with E-state index < -0.39 is 66.1 Å². The molecule has 274 valence electrons. The first kappa shape index (κ1) is 36.0. The Morgan fingerprint density at radius 1 is 1.08 bits per heavy atom. The number of cyclic esters (lactones) is 1. The van der Waals surface area contributed by atoms with Gasteiger partial charge in [-0.15, -0.1) is 0 Å². The zero-order valence-electron chi connectivity index (χ0n) is 30.3. The Hall–Kier alpha value is -4.38. The highest BCUT2D eigenvalue weighted by atomic mass is 16.6. The average Bonchev–Trinajstić information content (AvgIpc) is 3.74. The fourth-order valence-corrected chi connectivity index (χ4v) is 9.13. The highest BCUT2D eigenvalue weighted by Crippen LogP contribution is 2.61. The van der Waals surface area contributed by atoms with E-state index in [2.05, 4.69) is 12.2 Å². The minimum atomic E-state index is -0.997. The highest BCUT2D eigenvalue weighted by Gasteiger charge is 2.69. The summed E-state index contributed by atoms with van der Waals surface area (Å²) in [4.78, 5) is 40.1. The van der Waals surface area contributed by atoms with Crippen molar-refractivity contribution in [1.82, 2.24) is 0 Å². The van der Waals surface area contributed by atoms with E-state index in [1.807, 2.05) is 93.9 Å². The van der Waals surface area contributed by atoms with E-state index in [1.54, 1.807) is 17.6 Å². The lowest BCUT2D eigenvalue weighted by Gasteiger charge is -2.49. The van der Waals surface area contributed by atoms with E-state index in [9.17, 15) is 19.5 Å². The number of hydrogen-bond donors (Lipinski definition) is 1. The Bertz CT molecular complexity index is 1800. The van der Waals surface area contributed by atoms with Crippen LogP contribution in [0.5, 0.6) is 0 Å². The van der Waals surface area contributed by atoms with Crippen molar-refractivity contribution in [3.63, 3.8) is 0 Å². The molecule has 1 saturated carbocycles. The van der Waals surface area contributed by atoms with Gasteiger partial charge in [0.15, 0.2) is 18.5 Å². The molecule has 5 aliphatic rings. The minimum absolute atomic E-state index is 0.0188. The van der Waals surface area contributed by atoms with Gasteiger partial charge in [-0.2, -0.15) is 4.57 Å². The predicted octanol–water partition coefficient (Wildman–Crippen LogP) is 4.85. The van der Waals surface area contributed by atoms with Crippen LogP contribution in [0, 0.1) is 29.6 Å². The van der Waals surface area contributed by atoms with Gasteiger partial charge in [0.2, 0.25) is 6.54 Å². The van der Waals surface area contributed by atoms with Gasteiger partial charge >= 0.3 is 17.9 Å². The molecule has 0 radical (unpaired) electrons. The van der Waals surface area contributed by atoms with Crippen LogP contribution in [0.2, 0.25) is 0 Å². The number of aliphatic hydroxyl groups is 1. The molecule has 1 spiro atoms. The highest BCUT2D eigenvalue weighted by molar-refractivity contribution is 5.90. The maximum Gasteiger partial charge on any atom is 0.373 e. The number of aromatic nitrogens is 1. The Morgan fingerprint density at radius 3 is 2.50 bits per heavy atom. The summed E-state index contributed by atoms with van der Waals surface area (Å²) in [6.07, 6.45) is 11.5. The molecular weight excluding hydrogens is 662 g/mol. The molecule has 1 saturated heterocycles. The number of esters is 3. The molecule has 2 fully saturated rings. The molecule has 2 aromatic rings. The van der Waals surface area contributed by atoms with Gasteiger partial charge in [0, 0.05) is 54.4 Å². The fourth-order valence-electron chi connectivity index (χ4n) is 9.13. The molecule has 1 aromatic heterocycles. The van der Waals surface area contributed by atoms with Crippen LogP contribution in [0.4, 0.5) is 0 Å². The maximum absolute atomic E-state index is 13.8. The van der Waals surface area contributed by atoms with E-state index in [0.717, 1.165) is 16.7 Å². The lowest BCUT2D eigenvalue weighted by Crippen LogP contribution is -2.57. The molecule has 1 aromatic carbocycles. The Morgan fingerprint density at radius 2 is 1.81 bits per heavy atom. The number of aliphatic hydroxyl groups excluding tert-OH is 1. The maximum atomic E-state index is 13.8. The van der Waals surface area contributed by atoms with Gasteiger partial charge in [-0.3, -0.25) is 0 Å². The van der Waals surface area contributed by atoms with Crippen molar-refractivity contribution in [3.8, 4) is 11.1 Å². The van der Waals surface area contributed by atoms with E-state index >= 15 is 0 Å². The van der Waals surface area contributed by atoms with Crippen molar-refractivity contribution in [2.24, 2.45) is 29.6 Å². The average molecular weight is 711 g/mol. The third-order valence-corrected chi connectivity index (χ3v) is 11.8. The van der Waals surface area contributed by atoms with Crippen LogP contribution in [-0.4, -0.2) is 72.3 Å². The largest absolute Gasteiger partial charge is 0.456 e. The van der Waals surface area contributed by atoms with Crippen LogP contribution >= 0.6 is 0 Å². The fraction of sp³-hybridized carbons (Fsp3) is 0.476. The van der Waals surface area contributed by atoms with Crippen LogP contribution in [-0.2, 0) is 44.6 Å². The lowest BCUT2D eigenvalue weighted by atomic mass is 9.57. The van der Waals surface area contributed by atoms with Crippen LogP contribution in [0.1, 0.15) is 40.5 Å². The zero-order chi connectivity index (χ0) is 36.7. The SMILES string of the molecule is CO[C@H]1C[C@H]2C=C[C@H]3[C@H]4O[C@]2(/C(C)=C/[C@@H](C)[C@@H]([C@@H](C)OC(=O)C[n+]2ccc(-c5ccccc5)cc2)OC1=O)[C@@H]3[C@H](O)[C@@H](C)[C@H]4OC(=O)C1=CC=CC1. The molecule has 10 nitrogen and oxygen atoms in total. The first-order valence-electron chi connectivity index (χ1n) is 18.3. The standard InChI is InChI=1S/C42H48NO9/c1-24-21-25(2)42-31(15-16-32-35(42)36(45)26(3)38(39(32)52-42)51-40(46)30-13-9-10-14-30)22-33(48-5)41(47)50-37(24)27(4)49-34(44)23-43-19-17-29(18-20-43)28-11-7-6-8-12-28/h6-13,15-21,24,26-27,31-33,35-39,45H,14,22-23H2,1-5H3/q+1/b25-21+/t24-,26-,27-,31-,32-,33+,35+,36-,37+,38-,39-,42+/m1/s1. The van der Waals surface area contributed by atoms with Crippen LogP contribution in [0.15, 0.2) is 102 Å². The van der Waals surface area contributed by atoms with Crippen LogP contribution < -0.4 is 4.57 Å². The molecular formula is C42H48NO9+. The summed E-state index contributed by atoms with van der Waals surface area (Å²) in [5.74, 6) is -3.13. The van der Waals surface area contributed by atoms with Gasteiger partial charge in [0.05, 0.1) is 6.10 Å². The summed E-state index contributed by atoms with van der Waals surface area (Å²) >= 11 is 0. The van der Waals surface area contributed by atoms with E-state index in [1.165, 1.54) is 7.11 Å². The Labute approximate surface area is 304 Å². The number of ether oxygens (including phenoxy) is 5. The second-order valence-electron chi connectivity index (χ2n) is 14.9. The zero-order valence-corrected chi connectivity index (χ0v) is 30.3. The van der Waals surface area contributed by atoms with E-state index in [0.29, 0.717) is 12.0 Å². The smallest absolute Gasteiger partial charge is 0.373 e. The number of methoxy groups -OCH3 is 1. The lowest BCUT2D eigenvalue weighted by molar-refractivity contribution is -0.686. The molecule has 3 aliphatic carbocycles. The quantitative estimate of drug-likeness (QED) is 0.177. The van der Waals surface area contributed by atoms with Crippen LogP contribution in [0.3, 0.4) is 0 Å². The number of hydrogen-bond acceptors (Lipinski definition) is 9. The first-order valence-corrected chi connectivity index (χ1v) is 18.3. The second kappa shape index (κ2) is 14.6. The molecule has 52 heavy (non-hydrogen) atoms. The summed E-state index contributed by atoms with van der Waals surface area (Å²) < 4.78 is 32.7. The van der Waals surface area contributed by atoms with Crippen molar-refractivity contribution in [3.05, 3.63) is 102 Å². The molecule has 3 heterocycles. The number of carbonyl (C=O) groups excluding carboxylic acids is 3. The second-order valence-corrected chi connectivity index (χ2v) is 14.9. The molecule has 1 N–H and O–H groups in total. The van der Waals surface area contributed by atoms with Gasteiger partial charge in [-0.25, -0.2) is 14.4 Å². The van der Waals surface area contributed by atoms with Gasteiger partial charge < -0.3 is 28.8 Å². The number of nitrogens with zero attached hydrogens (tertiary/aromatic N) is 1. The van der Waals surface area contributed by atoms with Crippen molar-refractivity contribution >= 4 is 17.9 Å². The number of rotatable bonds is 8. The number of carbonyl (C=O) groups is 3. The molecule has 10 heteroatoms. The Balaban J connectivity index is 1.13. The summed E-state index contributed by atoms with van der Waals surface area (Å²) in [6, 6.07) is 13.9. The number of allylic oxidation sites excluding steroid dienone is 3. The molecule has 12 atom stereocenters. The van der Waals surface area contributed by atoms with E-state index in [-0.39, 0.29) is 36.6 Å². The monoisotopic (exact) mass is 710 g/mol. The topological polar surface area (TPSA) is 121 Å². The Kier molecular flexibility index (Phi) is 10.1. The third kappa shape index (κ3) is 6.46. The predicted molar refractivity (Wildman–Crippen MR) is 190 cm³/mol. The van der Waals surface area contributed by atoms with Gasteiger partial charge in [0.25, 0.3) is 0 Å². The van der Waals surface area contributed by atoms with Gasteiger partial charge in [-0.1, -0.05) is 80.6 Å². The van der Waals surface area contributed by atoms with Crippen molar-refractivity contribution in [2.75, 3.05) is 7.11 Å². The van der Waals surface area contributed by atoms with Crippen LogP contribution in [0.25, 0.3) is 11.1 Å². The normalized spacial score (nSPS) is 36.5. The molecule has 7 rings (SSSR count). The molecule has 2 aliphatic heterocycles. The van der Waals surface area contributed by atoms with E-state index in [4.69, 9.17) is 23.7 Å². The number of benzene rings is 1. The summed E-state index contributed by atoms with van der Waals surface area (Å²) in [5, 5.41) is 12.0. The third-order valence-electron chi connectivity index (χ3n) is 11.8. The summed E-state index contributed by atoms with van der Waals surface area (Å²) in [6.45, 7) is 7.52. The van der Waals surface area contributed by atoms with Gasteiger partial charge in [-0.05, 0) is 43.4 Å². The van der Waals surface area contributed by atoms with Crippen molar-refractivity contribution in [1.29, 1.82) is 0 Å².